The second-order valence-corrected chi connectivity index (χ2v) is 4.85. The van der Waals surface area contributed by atoms with Crippen molar-refractivity contribution in [3.8, 4) is 0 Å². The van der Waals surface area contributed by atoms with E-state index < -0.39 is 42.6 Å². The highest BCUT2D eigenvalue weighted by molar-refractivity contribution is 5.73. The number of carboxylic acids is 2. The smallest absolute Gasteiger partial charge is 0.335 e. The van der Waals surface area contributed by atoms with Crippen molar-refractivity contribution in [1.29, 1.82) is 0 Å². The van der Waals surface area contributed by atoms with E-state index >= 15 is 0 Å². The van der Waals surface area contributed by atoms with Crippen LogP contribution in [0.5, 0.6) is 0 Å². The Morgan fingerprint density at radius 3 is 2.48 bits per heavy atom. The Hall–Kier alpha value is -1.26. The minimum atomic E-state index is -1.56. The number of unbranched alkanes of at least 4 members (excludes halogenated alkanes) is 1. The van der Waals surface area contributed by atoms with Crippen LogP contribution in [0.1, 0.15) is 25.7 Å². The molecule has 0 aromatic carbocycles. The van der Waals surface area contributed by atoms with Gasteiger partial charge in [0.05, 0.1) is 6.10 Å². The van der Waals surface area contributed by atoms with Crippen LogP contribution >= 0.6 is 0 Å². The van der Waals surface area contributed by atoms with E-state index in [9.17, 15) is 19.8 Å². The fourth-order valence-corrected chi connectivity index (χ4v) is 1.98. The monoisotopic (exact) mass is 308 g/mol. The van der Waals surface area contributed by atoms with Gasteiger partial charge in [-0.1, -0.05) is 0 Å². The molecule has 1 fully saturated rings. The van der Waals surface area contributed by atoms with Gasteiger partial charge in [-0.2, -0.15) is 0 Å². The van der Waals surface area contributed by atoms with E-state index in [1.54, 1.807) is 0 Å². The van der Waals surface area contributed by atoms with Crippen molar-refractivity contribution < 1.29 is 44.6 Å². The Morgan fingerprint density at radius 1 is 1.24 bits per heavy atom. The quantitative estimate of drug-likeness (QED) is 0.338. The third kappa shape index (κ3) is 5.56. The summed E-state index contributed by atoms with van der Waals surface area (Å²) >= 11 is 0. The van der Waals surface area contributed by atoms with Gasteiger partial charge in [-0.05, 0) is 19.3 Å². The van der Waals surface area contributed by atoms with Gasteiger partial charge in [0.1, 0.15) is 6.10 Å². The van der Waals surface area contributed by atoms with E-state index in [-0.39, 0.29) is 19.4 Å². The largest absolute Gasteiger partial charge is 0.479 e. The number of rotatable bonds is 8. The summed E-state index contributed by atoms with van der Waals surface area (Å²) in [6.45, 7) is 0.132. The summed E-state index contributed by atoms with van der Waals surface area (Å²) in [4.78, 5) is 21.4. The van der Waals surface area contributed by atoms with Gasteiger partial charge in [0, 0.05) is 13.0 Å². The summed E-state index contributed by atoms with van der Waals surface area (Å²) in [7, 11) is 0. The van der Waals surface area contributed by atoms with Crippen LogP contribution in [0.4, 0.5) is 0 Å². The highest BCUT2D eigenvalue weighted by Crippen LogP contribution is 2.22. The molecule has 1 heterocycles. The molecule has 5 atom stereocenters. The Labute approximate surface area is 120 Å². The maximum absolute atomic E-state index is 11.0. The van der Waals surface area contributed by atoms with Crippen LogP contribution in [-0.2, 0) is 19.1 Å². The van der Waals surface area contributed by atoms with Crippen LogP contribution in [0, 0.1) is 0 Å². The van der Waals surface area contributed by atoms with Crippen LogP contribution < -0.4 is 0 Å². The van der Waals surface area contributed by atoms with Crippen molar-refractivity contribution in [2.75, 3.05) is 6.61 Å². The number of ether oxygens (including phenoxy) is 2. The van der Waals surface area contributed by atoms with Gasteiger partial charge in [-0.3, -0.25) is 0 Å². The third-order valence-electron chi connectivity index (χ3n) is 3.16. The van der Waals surface area contributed by atoms with E-state index in [4.69, 9.17) is 24.8 Å². The Kier molecular flexibility index (Phi) is 6.99. The summed E-state index contributed by atoms with van der Waals surface area (Å²) in [6, 6.07) is 0. The molecule has 9 heteroatoms. The van der Waals surface area contributed by atoms with Crippen LogP contribution in [0.15, 0.2) is 0 Å². The van der Waals surface area contributed by atoms with Crippen molar-refractivity contribution in [3.05, 3.63) is 0 Å². The zero-order valence-corrected chi connectivity index (χ0v) is 11.3. The molecule has 21 heavy (non-hydrogen) atoms. The molecule has 1 aliphatic heterocycles. The second-order valence-electron chi connectivity index (χ2n) is 4.85. The first kappa shape index (κ1) is 17.8. The van der Waals surface area contributed by atoms with Gasteiger partial charge in [0.25, 0.3) is 0 Å². The average Bonchev–Trinajstić information content (AvgIpc) is 2.41. The summed E-state index contributed by atoms with van der Waals surface area (Å²) in [5, 5.41) is 45.2. The second kappa shape index (κ2) is 8.25. The molecule has 1 saturated heterocycles. The first-order valence-corrected chi connectivity index (χ1v) is 6.59. The number of hydrogen-bond donors (Lipinski definition) is 5. The van der Waals surface area contributed by atoms with Gasteiger partial charge < -0.3 is 35.0 Å². The molecule has 0 spiro atoms. The maximum Gasteiger partial charge on any atom is 0.335 e. The molecular formula is C12H20O9. The molecule has 0 amide bonds. The standard InChI is InChI=1S/C12H20O9/c13-6(10(15)16)3-1-2-4-20-8-5-7(14)12(19)21-9(8)11(17)18/h6-9,12-14,19H,1-5H2,(H,15,16)(H,17,18)/t6?,7?,8-,9+,12?/m1/s1. The lowest BCUT2D eigenvalue weighted by atomic mass is 10.0. The molecule has 0 bridgehead atoms. The van der Waals surface area contributed by atoms with Crippen molar-refractivity contribution in [3.63, 3.8) is 0 Å². The number of aliphatic hydroxyl groups excluding tert-OH is 3. The number of carboxylic acid groups (broad SMARTS) is 2. The number of hydrogen-bond acceptors (Lipinski definition) is 7. The fraction of sp³-hybridized carbons (Fsp3) is 0.833. The van der Waals surface area contributed by atoms with Gasteiger partial charge in [0.2, 0.25) is 0 Å². The first-order chi connectivity index (χ1) is 9.82. The predicted molar refractivity (Wildman–Crippen MR) is 66.4 cm³/mol. The number of aliphatic hydroxyl groups is 3. The molecular weight excluding hydrogens is 288 g/mol. The zero-order chi connectivity index (χ0) is 16.0. The Balaban J connectivity index is 2.32. The fourth-order valence-electron chi connectivity index (χ4n) is 1.98. The summed E-state index contributed by atoms with van der Waals surface area (Å²) in [5.74, 6) is -2.59. The Morgan fingerprint density at radius 2 is 1.90 bits per heavy atom. The lowest BCUT2D eigenvalue weighted by molar-refractivity contribution is -0.253. The maximum atomic E-state index is 11.0. The van der Waals surface area contributed by atoms with E-state index in [0.29, 0.717) is 12.8 Å². The van der Waals surface area contributed by atoms with Crippen molar-refractivity contribution in [1.82, 2.24) is 0 Å². The van der Waals surface area contributed by atoms with Gasteiger partial charge >= 0.3 is 11.9 Å². The molecule has 0 aromatic rings. The molecule has 1 aliphatic rings. The summed E-state index contributed by atoms with van der Waals surface area (Å²) in [6.07, 6.45) is -5.66. The molecule has 9 nitrogen and oxygen atoms in total. The highest BCUT2D eigenvalue weighted by Gasteiger charge is 2.41. The van der Waals surface area contributed by atoms with E-state index in [2.05, 4.69) is 0 Å². The minimum Gasteiger partial charge on any atom is -0.479 e. The van der Waals surface area contributed by atoms with Crippen LogP contribution in [0.2, 0.25) is 0 Å². The summed E-state index contributed by atoms with van der Waals surface area (Å²) in [5.41, 5.74) is 0. The molecule has 122 valence electrons. The molecule has 0 saturated carbocycles. The van der Waals surface area contributed by atoms with E-state index in [1.165, 1.54) is 0 Å². The lowest BCUT2D eigenvalue weighted by Gasteiger charge is -2.34. The predicted octanol–water partition coefficient (Wildman–Crippen LogP) is -1.46. The zero-order valence-electron chi connectivity index (χ0n) is 11.3. The Bertz CT molecular complexity index is 359. The van der Waals surface area contributed by atoms with Crippen LogP contribution in [0.3, 0.4) is 0 Å². The van der Waals surface area contributed by atoms with Crippen molar-refractivity contribution in [2.45, 2.75) is 56.4 Å². The normalized spacial score (nSPS) is 30.8. The van der Waals surface area contributed by atoms with E-state index in [1.807, 2.05) is 0 Å². The first-order valence-electron chi connectivity index (χ1n) is 6.59. The molecule has 5 N–H and O–H groups in total. The van der Waals surface area contributed by atoms with Crippen LogP contribution in [0.25, 0.3) is 0 Å². The number of carbonyl (C=O) groups is 2. The average molecular weight is 308 g/mol. The molecule has 0 aromatic heterocycles. The van der Waals surface area contributed by atoms with Gasteiger partial charge in [-0.25, -0.2) is 9.59 Å². The summed E-state index contributed by atoms with van der Waals surface area (Å²) < 4.78 is 10.1. The lowest BCUT2D eigenvalue weighted by Crippen LogP contribution is -2.51. The van der Waals surface area contributed by atoms with Crippen molar-refractivity contribution in [2.24, 2.45) is 0 Å². The number of aliphatic carboxylic acids is 2. The topological polar surface area (TPSA) is 154 Å². The SMILES string of the molecule is O=C(O)C(O)CCCCO[C@@H]1CC(O)C(O)O[C@@H]1C(=O)O. The molecule has 0 aliphatic carbocycles. The molecule has 0 radical (unpaired) electrons. The van der Waals surface area contributed by atoms with E-state index in [0.717, 1.165) is 0 Å². The van der Waals surface area contributed by atoms with Gasteiger partial charge in [-0.15, -0.1) is 0 Å². The minimum absolute atomic E-state index is 0.0730. The highest BCUT2D eigenvalue weighted by atomic mass is 16.6. The molecule has 3 unspecified atom stereocenters. The molecule has 1 rings (SSSR count). The third-order valence-corrected chi connectivity index (χ3v) is 3.16. The van der Waals surface area contributed by atoms with Crippen LogP contribution in [-0.4, -0.2) is 74.8 Å². The van der Waals surface area contributed by atoms with Gasteiger partial charge in [0.15, 0.2) is 18.5 Å². The van der Waals surface area contributed by atoms with Crippen molar-refractivity contribution >= 4 is 11.9 Å².